The van der Waals surface area contributed by atoms with E-state index in [9.17, 15) is 0 Å². The highest BCUT2D eigenvalue weighted by molar-refractivity contribution is 7.10. The van der Waals surface area contributed by atoms with E-state index in [0.717, 1.165) is 13.0 Å². The second kappa shape index (κ2) is 5.83. The van der Waals surface area contributed by atoms with Gasteiger partial charge in [0.1, 0.15) is 0 Å². The van der Waals surface area contributed by atoms with E-state index in [1.165, 1.54) is 16.9 Å². The van der Waals surface area contributed by atoms with Crippen LogP contribution in [0.25, 0.3) is 0 Å². The van der Waals surface area contributed by atoms with Crippen LogP contribution in [0, 0.1) is 5.41 Å². The summed E-state index contributed by atoms with van der Waals surface area (Å²) in [5, 5.41) is 5.92. The molecule has 0 aliphatic heterocycles. The lowest BCUT2D eigenvalue weighted by Gasteiger charge is -2.32. The van der Waals surface area contributed by atoms with E-state index < -0.39 is 0 Å². The van der Waals surface area contributed by atoms with Crippen molar-refractivity contribution in [2.75, 3.05) is 6.54 Å². The van der Waals surface area contributed by atoms with Gasteiger partial charge in [0, 0.05) is 10.9 Å². The SMILES string of the molecule is CCCNC(c1sccc1CC)C(C)(C)C. The van der Waals surface area contributed by atoms with E-state index >= 15 is 0 Å². The maximum Gasteiger partial charge on any atom is 0.0466 e. The molecule has 0 aromatic carbocycles. The van der Waals surface area contributed by atoms with Crippen LogP contribution in [0.1, 0.15) is 57.5 Å². The summed E-state index contributed by atoms with van der Waals surface area (Å²) in [7, 11) is 0. The average molecular weight is 239 g/mol. The van der Waals surface area contributed by atoms with E-state index in [4.69, 9.17) is 0 Å². The van der Waals surface area contributed by atoms with Gasteiger partial charge < -0.3 is 5.32 Å². The van der Waals surface area contributed by atoms with Crippen LogP contribution in [0.3, 0.4) is 0 Å². The Labute approximate surface area is 104 Å². The largest absolute Gasteiger partial charge is 0.309 e. The quantitative estimate of drug-likeness (QED) is 0.803. The molecule has 92 valence electrons. The Kier molecular flexibility index (Phi) is 5.00. The number of hydrogen-bond acceptors (Lipinski definition) is 2. The third-order valence-corrected chi connectivity index (χ3v) is 3.91. The molecule has 2 heteroatoms. The van der Waals surface area contributed by atoms with E-state index in [2.05, 4.69) is 51.4 Å². The van der Waals surface area contributed by atoms with Gasteiger partial charge >= 0.3 is 0 Å². The summed E-state index contributed by atoms with van der Waals surface area (Å²) >= 11 is 1.90. The number of aryl methyl sites for hydroxylation is 1. The molecule has 0 bridgehead atoms. The van der Waals surface area contributed by atoms with E-state index in [1.807, 2.05) is 11.3 Å². The van der Waals surface area contributed by atoms with Crippen molar-refractivity contribution in [3.63, 3.8) is 0 Å². The van der Waals surface area contributed by atoms with Crippen LogP contribution in [0.4, 0.5) is 0 Å². The minimum atomic E-state index is 0.282. The molecule has 1 nitrogen and oxygen atoms in total. The molecule has 0 amide bonds. The normalized spacial score (nSPS) is 14.1. The summed E-state index contributed by atoms with van der Waals surface area (Å²) in [5.41, 5.74) is 1.79. The molecule has 1 heterocycles. The fourth-order valence-electron chi connectivity index (χ4n) is 1.97. The molecule has 1 atom stereocenters. The highest BCUT2D eigenvalue weighted by Gasteiger charge is 2.27. The molecule has 0 aliphatic rings. The summed E-state index contributed by atoms with van der Waals surface area (Å²) in [6, 6.07) is 2.76. The molecule has 1 unspecified atom stereocenters. The van der Waals surface area contributed by atoms with Crippen LogP contribution >= 0.6 is 11.3 Å². The molecule has 0 spiro atoms. The monoisotopic (exact) mass is 239 g/mol. The third-order valence-electron chi connectivity index (χ3n) is 2.89. The van der Waals surface area contributed by atoms with Gasteiger partial charge in [-0.3, -0.25) is 0 Å². The first kappa shape index (κ1) is 13.7. The van der Waals surface area contributed by atoms with Crippen molar-refractivity contribution in [3.05, 3.63) is 21.9 Å². The fourth-order valence-corrected chi connectivity index (χ4v) is 3.29. The van der Waals surface area contributed by atoms with E-state index in [0.29, 0.717) is 6.04 Å². The number of nitrogens with one attached hydrogen (secondary N) is 1. The molecule has 0 aliphatic carbocycles. The zero-order valence-corrected chi connectivity index (χ0v) is 12.1. The van der Waals surface area contributed by atoms with Gasteiger partial charge in [-0.05, 0) is 41.8 Å². The summed E-state index contributed by atoms with van der Waals surface area (Å²) in [6.45, 7) is 12.5. The maximum absolute atomic E-state index is 3.70. The topological polar surface area (TPSA) is 12.0 Å². The second-order valence-corrected chi connectivity index (χ2v) is 6.36. The molecular formula is C14H25NS. The molecular weight excluding hydrogens is 214 g/mol. The summed E-state index contributed by atoms with van der Waals surface area (Å²) in [4.78, 5) is 1.53. The van der Waals surface area contributed by atoms with Crippen molar-refractivity contribution in [3.8, 4) is 0 Å². The average Bonchev–Trinajstić information content (AvgIpc) is 2.64. The molecule has 0 fully saturated rings. The van der Waals surface area contributed by atoms with Gasteiger partial charge in [0.05, 0.1) is 0 Å². The molecule has 16 heavy (non-hydrogen) atoms. The molecule has 0 saturated heterocycles. The number of rotatable bonds is 5. The Hall–Kier alpha value is -0.340. The molecule has 1 aromatic rings. The zero-order chi connectivity index (χ0) is 12.2. The maximum atomic E-state index is 3.70. The van der Waals surface area contributed by atoms with Crippen LogP contribution in [0.15, 0.2) is 11.4 Å². The van der Waals surface area contributed by atoms with Gasteiger partial charge in [-0.15, -0.1) is 11.3 Å². The van der Waals surface area contributed by atoms with Crippen LogP contribution in [0.2, 0.25) is 0 Å². The Balaban J connectivity index is 2.92. The Morgan fingerprint density at radius 3 is 2.50 bits per heavy atom. The van der Waals surface area contributed by atoms with Gasteiger partial charge in [-0.1, -0.05) is 34.6 Å². The second-order valence-electron chi connectivity index (χ2n) is 5.42. The van der Waals surface area contributed by atoms with Crippen LogP contribution in [-0.2, 0) is 6.42 Å². The zero-order valence-electron chi connectivity index (χ0n) is 11.3. The highest BCUT2D eigenvalue weighted by Crippen LogP contribution is 2.37. The van der Waals surface area contributed by atoms with Crippen LogP contribution in [-0.4, -0.2) is 6.54 Å². The minimum Gasteiger partial charge on any atom is -0.309 e. The van der Waals surface area contributed by atoms with Gasteiger partial charge in [0.25, 0.3) is 0 Å². The molecule has 1 aromatic heterocycles. The van der Waals surface area contributed by atoms with Crippen molar-refractivity contribution >= 4 is 11.3 Å². The van der Waals surface area contributed by atoms with E-state index in [-0.39, 0.29) is 5.41 Å². The Bertz CT molecular complexity index is 309. The van der Waals surface area contributed by atoms with Crippen molar-refractivity contribution in [2.24, 2.45) is 5.41 Å². The molecule has 0 saturated carbocycles. The first-order valence-electron chi connectivity index (χ1n) is 6.30. The lowest BCUT2D eigenvalue weighted by molar-refractivity contribution is 0.276. The van der Waals surface area contributed by atoms with Gasteiger partial charge in [-0.2, -0.15) is 0 Å². The Morgan fingerprint density at radius 2 is 2.00 bits per heavy atom. The lowest BCUT2D eigenvalue weighted by Crippen LogP contribution is -2.32. The van der Waals surface area contributed by atoms with Gasteiger partial charge in [0.2, 0.25) is 0 Å². The van der Waals surface area contributed by atoms with Gasteiger partial charge in [-0.25, -0.2) is 0 Å². The van der Waals surface area contributed by atoms with Crippen LogP contribution in [0.5, 0.6) is 0 Å². The Morgan fingerprint density at radius 1 is 1.31 bits per heavy atom. The molecule has 1 N–H and O–H groups in total. The van der Waals surface area contributed by atoms with Crippen molar-refractivity contribution < 1.29 is 0 Å². The minimum absolute atomic E-state index is 0.282. The fraction of sp³-hybridized carbons (Fsp3) is 0.714. The predicted octanol–water partition coefficient (Wildman–Crippen LogP) is 4.40. The number of hydrogen-bond donors (Lipinski definition) is 1. The summed E-state index contributed by atoms with van der Waals surface area (Å²) in [6.07, 6.45) is 2.33. The van der Waals surface area contributed by atoms with Crippen molar-refractivity contribution in [2.45, 2.75) is 53.5 Å². The number of thiophene rings is 1. The summed E-state index contributed by atoms with van der Waals surface area (Å²) < 4.78 is 0. The molecule has 0 radical (unpaired) electrons. The van der Waals surface area contributed by atoms with E-state index in [1.54, 1.807) is 0 Å². The molecule has 1 rings (SSSR count). The van der Waals surface area contributed by atoms with Crippen molar-refractivity contribution in [1.82, 2.24) is 5.32 Å². The lowest BCUT2D eigenvalue weighted by atomic mass is 9.84. The third kappa shape index (κ3) is 3.33. The predicted molar refractivity (Wildman–Crippen MR) is 74.2 cm³/mol. The van der Waals surface area contributed by atoms with Crippen LogP contribution < -0.4 is 5.32 Å². The summed E-state index contributed by atoms with van der Waals surface area (Å²) in [5.74, 6) is 0. The highest BCUT2D eigenvalue weighted by atomic mass is 32.1. The first-order valence-corrected chi connectivity index (χ1v) is 7.18. The standard InChI is InChI=1S/C14H25NS/c1-6-9-15-13(14(3,4)5)12-11(7-2)8-10-16-12/h8,10,13,15H,6-7,9H2,1-5H3. The first-order chi connectivity index (χ1) is 7.50. The van der Waals surface area contributed by atoms with Gasteiger partial charge in [0.15, 0.2) is 0 Å². The van der Waals surface area contributed by atoms with Crippen molar-refractivity contribution in [1.29, 1.82) is 0 Å². The smallest absolute Gasteiger partial charge is 0.0466 e.